The summed E-state index contributed by atoms with van der Waals surface area (Å²) in [6.45, 7) is 7.56. The zero-order valence-electron chi connectivity index (χ0n) is 19.9. The van der Waals surface area contributed by atoms with E-state index in [-0.39, 0.29) is 28.1 Å². The minimum Gasteiger partial charge on any atom is -0.294 e. The zero-order valence-corrected chi connectivity index (χ0v) is 21.6. The number of Topliss-reactive ketones (excluding diaryl/α,β-unsaturated/α-hetero) is 2. The summed E-state index contributed by atoms with van der Waals surface area (Å²) in [5.74, 6) is -1.05. The Labute approximate surface area is 206 Å². The summed E-state index contributed by atoms with van der Waals surface area (Å²) < 4.78 is 26.3. The number of rotatable bonds is 10. The average Bonchev–Trinajstić information content (AvgIpc) is 2.82. The molecule has 0 saturated heterocycles. The van der Waals surface area contributed by atoms with Crippen LogP contribution < -0.4 is 0 Å². The van der Waals surface area contributed by atoms with Crippen LogP contribution in [0, 0.1) is 25.7 Å². The molecule has 3 aromatic carbocycles. The van der Waals surface area contributed by atoms with Gasteiger partial charge in [0.2, 0.25) is 0 Å². The molecule has 6 heteroatoms. The molecular formula is C28H30O4S2. The minimum absolute atomic E-state index is 0.00687. The first-order valence-corrected chi connectivity index (χ1v) is 13.9. The monoisotopic (exact) mass is 494 g/mol. The number of aryl methyl sites for hydroxylation is 2. The van der Waals surface area contributed by atoms with Crippen molar-refractivity contribution >= 4 is 33.2 Å². The lowest BCUT2D eigenvalue weighted by atomic mass is 9.96. The third kappa shape index (κ3) is 6.67. The lowest BCUT2D eigenvalue weighted by molar-refractivity contribution is 0.0930. The molecule has 4 nitrogen and oxygen atoms in total. The molecule has 1 atom stereocenters. The molecule has 0 spiro atoms. The highest BCUT2D eigenvalue weighted by molar-refractivity contribution is 7.99. The van der Waals surface area contributed by atoms with E-state index in [0.717, 1.165) is 16.0 Å². The maximum Gasteiger partial charge on any atom is 0.179 e. The molecule has 0 N–H and O–H groups in total. The standard InChI is InChI=1S/C28H30O4S2/c1-19(2)27(29)22-9-11-23(12-10-22)28(30)24(17-33-25-13-5-20(3)6-14-25)18-34(31,32)26-15-7-21(4)8-16-26/h5-16,19,24H,17-18H2,1-4H3. The third-order valence-electron chi connectivity index (χ3n) is 5.62. The number of benzene rings is 3. The van der Waals surface area contributed by atoms with Crippen molar-refractivity contribution in [3.8, 4) is 0 Å². The molecule has 0 bridgehead atoms. The molecule has 3 rings (SSSR count). The van der Waals surface area contributed by atoms with Gasteiger partial charge < -0.3 is 0 Å². The molecule has 0 fully saturated rings. The summed E-state index contributed by atoms with van der Waals surface area (Å²) in [6, 6.07) is 21.2. The Morgan fingerprint density at radius 1 is 0.735 bits per heavy atom. The molecule has 0 aromatic heterocycles. The van der Waals surface area contributed by atoms with E-state index < -0.39 is 15.8 Å². The predicted molar refractivity (Wildman–Crippen MR) is 139 cm³/mol. The maximum atomic E-state index is 13.4. The first-order valence-electron chi connectivity index (χ1n) is 11.2. The molecule has 0 aliphatic carbocycles. The molecule has 0 aliphatic rings. The van der Waals surface area contributed by atoms with Crippen LogP contribution in [0.1, 0.15) is 45.7 Å². The molecule has 0 heterocycles. The topological polar surface area (TPSA) is 68.3 Å². The fourth-order valence-corrected chi connectivity index (χ4v) is 6.19. The van der Waals surface area contributed by atoms with Gasteiger partial charge >= 0.3 is 0 Å². The number of ketones is 2. The van der Waals surface area contributed by atoms with E-state index in [9.17, 15) is 18.0 Å². The number of thioether (sulfide) groups is 1. The van der Waals surface area contributed by atoms with E-state index in [1.807, 2.05) is 52.0 Å². The van der Waals surface area contributed by atoms with Gasteiger partial charge in [-0.2, -0.15) is 0 Å². The van der Waals surface area contributed by atoms with Gasteiger partial charge in [-0.05, 0) is 38.1 Å². The Kier molecular flexibility index (Phi) is 8.50. The molecule has 0 amide bonds. The van der Waals surface area contributed by atoms with Crippen LogP contribution in [0.5, 0.6) is 0 Å². The first-order chi connectivity index (χ1) is 16.1. The maximum absolute atomic E-state index is 13.4. The van der Waals surface area contributed by atoms with Gasteiger partial charge in [0.05, 0.1) is 10.6 Å². The lowest BCUT2D eigenvalue weighted by Gasteiger charge is -2.17. The summed E-state index contributed by atoms with van der Waals surface area (Å²) >= 11 is 1.47. The fourth-order valence-electron chi connectivity index (χ4n) is 3.51. The van der Waals surface area contributed by atoms with Crippen LogP contribution in [-0.2, 0) is 9.84 Å². The lowest BCUT2D eigenvalue weighted by Crippen LogP contribution is -2.26. The van der Waals surface area contributed by atoms with Crippen LogP contribution in [0.15, 0.2) is 82.6 Å². The van der Waals surface area contributed by atoms with Crippen LogP contribution in [0.25, 0.3) is 0 Å². The van der Waals surface area contributed by atoms with Gasteiger partial charge in [0.15, 0.2) is 21.4 Å². The smallest absolute Gasteiger partial charge is 0.179 e. The Morgan fingerprint density at radius 2 is 1.21 bits per heavy atom. The van der Waals surface area contributed by atoms with Crippen molar-refractivity contribution in [2.24, 2.45) is 11.8 Å². The van der Waals surface area contributed by atoms with Crippen LogP contribution in [0.3, 0.4) is 0 Å². The summed E-state index contributed by atoms with van der Waals surface area (Å²) in [6.07, 6.45) is 0. The van der Waals surface area contributed by atoms with Gasteiger partial charge in [-0.15, -0.1) is 11.8 Å². The fraction of sp³-hybridized carbons (Fsp3) is 0.286. The van der Waals surface area contributed by atoms with Crippen LogP contribution >= 0.6 is 11.8 Å². The van der Waals surface area contributed by atoms with Crippen molar-refractivity contribution in [3.05, 3.63) is 95.1 Å². The third-order valence-corrected chi connectivity index (χ3v) is 8.63. The van der Waals surface area contributed by atoms with E-state index in [1.54, 1.807) is 48.5 Å². The highest BCUT2D eigenvalue weighted by Crippen LogP contribution is 2.26. The van der Waals surface area contributed by atoms with Crippen molar-refractivity contribution in [1.29, 1.82) is 0 Å². The number of sulfone groups is 1. The second kappa shape index (κ2) is 11.2. The predicted octanol–water partition coefficient (Wildman–Crippen LogP) is 6.21. The van der Waals surface area contributed by atoms with Gasteiger partial charge in [0.1, 0.15) is 0 Å². The van der Waals surface area contributed by atoms with Gasteiger partial charge in [0, 0.05) is 33.6 Å². The van der Waals surface area contributed by atoms with Crippen molar-refractivity contribution in [2.75, 3.05) is 11.5 Å². The summed E-state index contributed by atoms with van der Waals surface area (Å²) in [4.78, 5) is 26.9. The van der Waals surface area contributed by atoms with Crippen molar-refractivity contribution in [1.82, 2.24) is 0 Å². The molecule has 0 aliphatic heterocycles. The number of hydrogen-bond acceptors (Lipinski definition) is 5. The van der Waals surface area contributed by atoms with Crippen LogP contribution in [0.4, 0.5) is 0 Å². The van der Waals surface area contributed by atoms with Gasteiger partial charge in [-0.3, -0.25) is 9.59 Å². The van der Waals surface area contributed by atoms with E-state index in [0.29, 0.717) is 16.9 Å². The summed E-state index contributed by atoms with van der Waals surface area (Å²) in [5, 5.41) is 0. The molecule has 178 valence electrons. The van der Waals surface area contributed by atoms with Crippen LogP contribution in [-0.4, -0.2) is 31.5 Å². The molecule has 3 aromatic rings. The molecule has 0 radical (unpaired) electrons. The van der Waals surface area contributed by atoms with Gasteiger partial charge in [-0.1, -0.05) is 73.5 Å². The first kappa shape index (κ1) is 25.9. The second-order valence-electron chi connectivity index (χ2n) is 8.88. The van der Waals surface area contributed by atoms with E-state index >= 15 is 0 Å². The Morgan fingerprint density at radius 3 is 1.71 bits per heavy atom. The van der Waals surface area contributed by atoms with Crippen LogP contribution in [0.2, 0.25) is 0 Å². The van der Waals surface area contributed by atoms with Crippen molar-refractivity contribution in [3.63, 3.8) is 0 Å². The molecule has 34 heavy (non-hydrogen) atoms. The number of hydrogen-bond donors (Lipinski definition) is 0. The van der Waals surface area contributed by atoms with Gasteiger partial charge in [-0.25, -0.2) is 8.42 Å². The second-order valence-corrected chi connectivity index (χ2v) is 12.0. The number of carbonyl (C=O) groups is 2. The quantitative estimate of drug-likeness (QED) is 0.248. The SMILES string of the molecule is Cc1ccc(SCC(CS(=O)(=O)c2ccc(C)cc2)C(=O)c2ccc(C(=O)C(C)C)cc2)cc1. The van der Waals surface area contributed by atoms with E-state index in [1.165, 1.54) is 11.8 Å². The van der Waals surface area contributed by atoms with Crippen molar-refractivity contribution in [2.45, 2.75) is 37.5 Å². The van der Waals surface area contributed by atoms with E-state index in [4.69, 9.17) is 0 Å². The summed E-state index contributed by atoms with van der Waals surface area (Å²) in [5.41, 5.74) is 3.06. The molecule has 1 unspecified atom stereocenters. The minimum atomic E-state index is -3.66. The molecular weight excluding hydrogens is 464 g/mol. The zero-order chi connectivity index (χ0) is 24.9. The highest BCUT2D eigenvalue weighted by Gasteiger charge is 2.28. The normalized spacial score (nSPS) is 12.5. The number of carbonyl (C=O) groups excluding carboxylic acids is 2. The molecule has 0 saturated carbocycles. The average molecular weight is 495 g/mol. The van der Waals surface area contributed by atoms with Crippen molar-refractivity contribution < 1.29 is 18.0 Å². The Balaban J connectivity index is 1.86. The van der Waals surface area contributed by atoms with Gasteiger partial charge in [0.25, 0.3) is 0 Å². The Bertz CT molecular complexity index is 1240. The van der Waals surface area contributed by atoms with E-state index in [2.05, 4.69) is 0 Å². The largest absolute Gasteiger partial charge is 0.294 e. The summed E-state index contributed by atoms with van der Waals surface area (Å²) in [7, 11) is -3.66. The Hall–Kier alpha value is -2.70. The highest BCUT2D eigenvalue weighted by atomic mass is 32.2.